The molecule has 1 aromatic heterocycles. The third-order valence-electron chi connectivity index (χ3n) is 2.78. The van der Waals surface area contributed by atoms with Gasteiger partial charge in [-0.25, -0.2) is 0 Å². The van der Waals surface area contributed by atoms with Gasteiger partial charge in [-0.05, 0) is 30.3 Å². The van der Waals surface area contributed by atoms with Crippen LogP contribution in [0.25, 0.3) is 11.3 Å². The molecule has 0 saturated heterocycles. The molecule has 104 valence electrons. The standard InChI is InChI=1S/C15H14ClNO3/c1-9(2)15(19)17-13-5-3-10(7-12(13)16)14-6-4-11(8-18)20-14/h3-9H,1-2H3,(H,17,19). The summed E-state index contributed by atoms with van der Waals surface area (Å²) in [5.74, 6) is 0.593. The number of hydrogen-bond donors (Lipinski definition) is 1. The van der Waals surface area contributed by atoms with E-state index in [0.29, 0.717) is 22.8 Å². The van der Waals surface area contributed by atoms with Crippen molar-refractivity contribution in [2.45, 2.75) is 13.8 Å². The second-order valence-corrected chi connectivity index (χ2v) is 5.07. The van der Waals surface area contributed by atoms with Crippen molar-refractivity contribution in [3.05, 3.63) is 41.1 Å². The fourth-order valence-electron chi connectivity index (χ4n) is 1.62. The summed E-state index contributed by atoms with van der Waals surface area (Å²) in [6, 6.07) is 8.45. The first-order valence-corrected chi connectivity index (χ1v) is 6.55. The van der Waals surface area contributed by atoms with Gasteiger partial charge in [-0.15, -0.1) is 0 Å². The summed E-state index contributed by atoms with van der Waals surface area (Å²) in [7, 11) is 0. The fraction of sp³-hybridized carbons (Fsp3) is 0.200. The fourth-order valence-corrected chi connectivity index (χ4v) is 1.85. The molecule has 4 nitrogen and oxygen atoms in total. The predicted octanol–water partition coefficient (Wildman–Crippen LogP) is 4.01. The van der Waals surface area contributed by atoms with Crippen molar-refractivity contribution < 1.29 is 14.0 Å². The summed E-state index contributed by atoms with van der Waals surface area (Å²) < 4.78 is 5.32. The molecule has 20 heavy (non-hydrogen) atoms. The van der Waals surface area contributed by atoms with Gasteiger partial charge < -0.3 is 9.73 Å². The first kappa shape index (κ1) is 14.3. The maximum atomic E-state index is 11.6. The second-order valence-electron chi connectivity index (χ2n) is 4.66. The van der Waals surface area contributed by atoms with Crippen molar-refractivity contribution >= 4 is 29.5 Å². The minimum Gasteiger partial charge on any atom is -0.453 e. The monoisotopic (exact) mass is 291 g/mol. The van der Waals surface area contributed by atoms with Crippen LogP contribution in [0.2, 0.25) is 5.02 Å². The topological polar surface area (TPSA) is 59.3 Å². The Bertz CT molecular complexity index is 646. The second kappa shape index (κ2) is 5.92. The lowest BCUT2D eigenvalue weighted by atomic mass is 10.1. The maximum absolute atomic E-state index is 11.6. The number of rotatable bonds is 4. The number of anilines is 1. The van der Waals surface area contributed by atoms with Crippen LogP contribution in [0.3, 0.4) is 0 Å². The SMILES string of the molecule is CC(C)C(=O)Nc1ccc(-c2ccc(C=O)o2)cc1Cl. The van der Waals surface area contributed by atoms with Crippen LogP contribution >= 0.6 is 11.6 Å². The molecule has 5 heteroatoms. The average Bonchev–Trinajstić information content (AvgIpc) is 2.89. The Kier molecular flexibility index (Phi) is 4.25. The lowest BCUT2D eigenvalue weighted by Crippen LogP contribution is -2.17. The highest BCUT2D eigenvalue weighted by molar-refractivity contribution is 6.34. The van der Waals surface area contributed by atoms with Crippen molar-refractivity contribution in [2.75, 3.05) is 5.32 Å². The lowest BCUT2D eigenvalue weighted by Gasteiger charge is -2.10. The number of amides is 1. The molecular weight excluding hydrogens is 278 g/mol. The van der Waals surface area contributed by atoms with E-state index in [1.165, 1.54) is 0 Å². The van der Waals surface area contributed by atoms with Gasteiger partial charge in [0, 0.05) is 11.5 Å². The highest BCUT2D eigenvalue weighted by atomic mass is 35.5. The summed E-state index contributed by atoms with van der Waals surface area (Å²) in [6.07, 6.45) is 0.641. The van der Waals surface area contributed by atoms with Crippen LogP contribution in [-0.4, -0.2) is 12.2 Å². The molecule has 0 unspecified atom stereocenters. The number of nitrogens with one attached hydrogen (secondary N) is 1. The van der Waals surface area contributed by atoms with Gasteiger partial charge in [0.1, 0.15) is 5.76 Å². The molecule has 1 aromatic carbocycles. The Morgan fingerprint density at radius 3 is 2.60 bits per heavy atom. The molecule has 0 aliphatic carbocycles. The quantitative estimate of drug-likeness (QED) is 0.866. The number of benzene rings is 1. The zero-order chi connectivity index (χ0) is 14.7. The molecule has 0 bridgehead atoms. The van der Waals surface area contributed by atoms with E-state index in [4.69, 9.17) is 16.0 Å². The van der Waals surface area contributed by atoms with Crippen molar-refractivity contribution in [2.24, 2.45) is 5.92 Å². The maximum Gasteiger partial charge on any atom is 0.226 e. The molecule has 2 aromatic rings. The van der Waals surface area contributed by atoms with E-state index < -0.39 is 0 Å². The van der Waals surface area contributed by atoms with Crippen LogP contribution in [0.4, 0.5) is 5.69 Å². The Balaban J connectivity index is 2.25. The number of carbonyl (C=O) groups is 2. The van der Waals surface area contributed by atoms with Crippen LogP contribution < -0.4 is 5.32 Å². The van der Waals surface area contributed by atoms with E-state index in [0.717, 1.165) is 5.56 Å². The minimum atomic E-state index is -0.119. The van der Waals surface area contributed by atoms with E-state index in [1.54, 1.807) is 44.2 Å². The van der Waals surface area contributed by atoms with E-state index >= 15 is 0 Å². The van der Waals surface area contributed by atoms with E-state index in [1.807, 2.05) is 0 Å². The molecule has 1 N–H and O–H groups in total. The van der Waals surface area contributed by atoms with Crippen LogP contribution in [0, 0.1) is 5.92 Å². The molecule has 1 amide bonds. The van der Waals surface area contributed by atoms with Gasteiger partial charge in [0.15, 0.2) is 12.0 Å². The number of hydrogen-bond acceptors (Lipinski definition) is 3. The molecule has 0 aliphatic heterocycles. The summed E-state index contributed by atoms with van der Waals surface area (Å²) in [6.45, 7) is 3.61. The zero-order valence-corrected chi connectivity index (χ0v) is 11.9. The highest BCUT2D eigenvalue weighted by Crippen LogP contribution is 2.29. The molecule has 0 saturated carbocycles. The Labute approximate surface area is 121 Å². The van der Waals surface area contributed by atoms with Crippen molar-refractivity contribution in [1.82, 2.24) is 0 Å². The number of halogens is 1. The molecule has 0 aliphatic rings. The largest absolute Gasteiger partial charge is 0.453 e. The molecule has 0 fully saturated rings. The summed E-state index contributed by atoms with van der Waals surface area (Å²) in [5.41, 5.74) is 1.29. The summed E-state index contributed by atoms with van der Waals surface area (Å²) in [4.78, 5) is 22.2. The third kappa shape index (κ3) is 3.08. The Morgan fingerprint density at radius 2 is 2.05 bits per heavy atom. The Hall–Kier alpha value is -2.07. The molecule has 2 rings (SSSR count). The molecular formula is C15H14ClNO3. The summed E-state index contributed by atoms with van der Waals surface area (Å²) >= 11 is 6.14. The van der Waals surface area contributed by atoms with Gasteiger partial charge in [-0.3, -0.25) is 9.59 Å². The van der Waals surface area contributed by atoms with Crippen LogP contribution in [0.1, 0.15) is 24.4 Å². The number of aldehydes is 1. The van der Waals surface area contributed by atoms with Crippen molar-refractivity contribution in [3.8, 4) is 11.3 Å². The van der Waals surface area contributed by atoms with E-state index in [9.17, 15) is 9.59 Å². The lowest BCUT2D eigenvalue weighted by molar-refractivity contribution is -0.118. The summed E-state index contributed by atoms with van der Waals surface area (Å²) in [5, 5.41) is 3.16. The highest BCUT2D eigenvalue weighted by Gasteiger charge is 2.11. The first-order valence-electron chi connectivity index (χ1n) is 6.17. The van der Waals surface area contributed by atoms with Gasteiger partial charge in [0.2, 0.25) is 5.91 Å². The smallest absolute Gasteiger partial charge is 0.226 e. The average molecular weight is 292 g/mol. The predicted molar refractivity (Wildman–Crippen MR) is 78.0 cm³/mol. The number of carbonyl (C=O) groups excluding carboxylic acids is 2. The normalized spacial score (nSPS) is 10.6. The first-order chi connectivity index (χ1) is 9.51. The van der Waals surface area contributed by atoms with Gasteiger partial charge >= 0.3 is 0 Å². The van der Waals surface area contributed by atoms with Crippen LogP contribution in [0.15, 0.2) is 34.7 Å². The molecule has 1 heterocycles. The molecule has 0 atom stereocenters. The minimum absolute atomic E-state index is 0.0964. The van der Waals surface area contributed by atoms with Gasteiger partial charge in [-0.2, -0.15) is 0 Å². The van der Waals surface area contributed by atoms with E-state index in [2.05, 4.69) is 5.32 Å². The third-order valence-corrected chi connectivity index (χ3v) is 3.09. The van der Waals surface area contributed by atoms with Crippen molar-refractivity contribution in [1.29, 1.82) is 0 Å². The van der Waals surface area contributed by atoms with Gasteiger partial charge in [-0.1, -0.05) is 25.4 Å². The number of furan rings is 1. The molecule has 0 spiro atoms. The zero-order valence-electron chi connectivity index (χ0n) is 11.1. The Morgan fingerprint density at radius 1 is 1.30 bits per heavy atom. The van der Waals surface area contributed by atoms with E-state index in [-0.39, 0.29) is 17.6 Å². The van der Waals surface area contributed by atoms with Crippen molar-refractivity contribution in [3.63, 3.8) is 0 Å². The van der Waals surface area contributed by atoms with Crippen LogP contribution in [-0.2, 0) is 4.79 Å². The molecule has 0 radical (unpaired) electrons. The van der Waals surface area contributed by atoms with Gasteiger partial charge in [0.25, 0.3) is 0 Å². The van der Waals surface area contributed by atoms with Crippen LogP contribution in [0.5, 0.6) is 0 Å². The van der Waals surface area contributed by atoms with Gasteiger partial charge in [0.05, 0.1) is 10.7 Å².